The number of unbranched alkanes of at least 4 members (excludes halogenated alkanes) is 9. The van der Waals surface area contributed by atoms with Crippen LogP contribution in [0.4, 0.5) is 0 Å². The predicted octanol–water partition coefficient (Wildman–Crippen LogP) is 4.63. The maximum atomic E-state index is 5.67. The number of nitrogens with zero attached hydrogens (tertiary/aromatic N) is 1. The summed E-state index contributed by atoms with van der Waals surface area (Å²) in [5.41, 5.74) is 0. The Morgan fingerprint density at radius 3 is 1.58 bits per heavy atom. The maximum Gasteiger partial charge on any atom is 0.102 e. The molecule has 2 heteroatoms. The van der Waals surface area contributed by atoms with Gasteiger partial charge in [0.1, 0.15) is 6.54 Å². The van der Waals surface area contributed by atoms with Crippen molar-refractivity contribution in [2.75, 3.05) is 40.9 Å². The average Bonchev–Trinajstić information content (AvgIpc) is 2.34. The van der Waals surface area contributed by atoms with Crippen LogP contribution in [0.25, 0.3) is 0 Å². The molecular weight excluding hydrogens is 234 g/mol. The molecule has 0 unspecified atom stereocenters. The lowest BCUT2D eigenvalue weighted by atomic mass is 10.1. The number of rotatable bonds is 14. The number of hydrogen-bond donors (Lipinski definition) is 0. The summed E-state index contributed by atoms with van der Waals surface area (Å²) >= 11 is 0. The van der Waals surface area contributed by atoms with Crippen LogP contribution in [-0.4, -0.2) is 45.4 Å². The van der Waals surface area contributed by atoms with E-state index in [9.17, 15) is 0 Å². The summed E-state index contributed by atoms with van der Waals surface area (Å²) in [6.07, 6.45) is 14.0. The minimum Gasteiger partial charge on any atom is -0.376 e. The molecule has 0 aliphatic heterocycles. The van der Waals surface area contributed by atoms with Gasteiger partial charge in [0.25, 0.3) is 0 Å². The van der Waals surface area contributed by atoms with Crippen LogP contribution >= 0.6 is 0 Å². The van der Waals surface area contributed by atoms with Gasteiger partial charge in [-0.3, -0.25) is 0 Å². The minimum absolute atomic E-state index is 0.904. The third-order valence-corrected chi connectivity index (χ3v) is 3.55. The van der Waals surface area contributed by atoms with E-state index in [2.05, 4.69) is 28.1 Å². The van der Waals surface area contributed by atoms with Crippen LogP contribution in [0.3, 0.4) is 0 Å². The molecule has 19 heavy (non-hydrogen) atoms. The molecule has 0 heterocycles. The van der Waals surface area contributed by atoms with Crippen molar-refractivity contribution >= 4 is 0 Å². The molecule has 0 aliphatic rings. The molecule has 0 aromatic rings. The summed E-state index contributed by atoms with van der Waals surface area (Å²) in [5.74, 6) is 0. The Bertz CT molecular complexity index is 175. The molecule has 0 rings (SSSR count). The van der Waals surface area contributed by atoms with Crippen molar-refractivity contribution in [2.45, 2.75) is 71.1 Å². The van der Waals surface area contributed by atoms with E-state index in [1.165, 1.54) is 64.2 Å². The van der Waals surface area contributed by atoms with E-state index in [1.54, 1.807) is 0 Å². The number of hydrogen-bond acceptors (Lipinski definition) is 1. The van der Waals surface area contributed by atoms with E-state index in [-0.39, 0.29) is 0 Å². The Balaban J connectivity index is 2.99. The highest BCUT2D eigenvalue weighted by Gasteiger charge is 2.05. The van der Waals surface area contributed by atoms with E-state index in [1.807, 2.05) is 0 Å². The van der Waals surface area contributed by atoms with Crippen LogP contribution in [0.5, 0.6) is 0 Å². The summed E-state index contributed by atoms with van der Waals surface area (Å²) in [4.78, 5) is 0. The van der Waals surface area contributed by atoms with Crippen molar-refractivity contribution in [3.8, 4) is 0 Å². The van der Waals surface area contributed by atoms with Crippen molar-refractivity contribution < 1.29 is 9.22 Å². The molecule has 2 nitrogen and oxygen atoms in total. The van der Waals surface area contributed by atoms with Gasteiger partial charge in [-0.2, -0.15) is 0 Å². The van der Waals surface area contributed by atoms with E-state index in [0.29, 0.717) is 0 Å². The molecule has 0 fully saturated rings. The molecule has 0 bridgehead atoms. The Labute approximate surface area is 122 Å². The second-order valence-electron chi connectivity index (χ2n) is 6.81. The summed E-state index contributed by atoms with van der Waals surface area (Å²) in [5, 5.41) is 0. The normalized spacial score (nSPS) is 12.0. The second kappa shape index (κ2) is 12.9. The number of ether oxygens (including phenoxy) is 1. The van der Waals surface area contributed by atoms with E-state index in [0.717, 1.165) is 24.2 Å². The minimum atomic E-state index is 0.904. The summed E-state index contributed by atoms with van der Waals surface area (Å²) in [6.45, 7) is 5.25. The van der Waals surface area contributed by atoms with Crippen molar-refractivity contribution in [1.29, 1.82) is 0 Å². The lowest BCUT2D eigenvalue weighted by Crippen LogP contribution is -2.37. The molecule has 0 aromatic carbocycles. The molecule has 0 spiro atoms. The molecule has 0 N–H and O–H groups in total. The maximum absolute atomic E-state index is 5.67. The molecule has 0 radical (unpaired) electrons. The smallest absolute Gasteiger partial charge is 0.102 e. The first-order valence-corrected chi connectivity index (χ1v) is 8.44. The Morgan fingerprint density at radius 1 is 0.632 bits per heavy atom. The lowest BCUT2D eigenvalue weighted by molar-refractivity contribution is -0.870. The van der Waals surface area contributed by atoms with E-state index < -0.39 is 0 Å². The van der Waals surface area contributed by atoms with Crippen molar-refractivity contribution in [2.24, 2.45) is 0 Å². The number of likely N-dealkylation sites (N-methyl/N-ethyl adjacent to an activating group) is 1. The largest absolute Gasteiger partial charge is 0.376 e. The van der Waals surface area contributed by atoms with Gasteiger partial charge in [0.2, 0.25) is 0 Å². The third-order valence-electron chi connectivity index (χ3n) is 3.55. The Hall–Kier alpha value is -0.0800. The first-order valence-electron chi connectivity index (χ1n) is 8.44. The van der Waals surface area contributed by atoms with Gasteiger partial charge in [-0.05, 0) is 6.42 Å². The van der Waals surface area contributed by atoms with Crippen LogP contribution < -0.4 is 0 Å². The van der Waals surface area contributed by atoms with Crippen molar-refractivity contribution in [3.05, 3.63) is 0 Å². The first kappa shape index (κ1) is 18.9. The van der Waals surface area contributed by atoms with Gasteiger partial charge in [-0.15, -0.1) is 0 Å². The zero-order chi connectivity index (χ0) is 14.4. The van der Waals surface area contributed by atoms with Gasteiger partial charge in [0.15, 0.2) is 0 Å². The SMILES string of the molecule is CCCCCCCCCCCCOCC[N+](C)(C)C. The number of quaternary nitrogens is 1. The highest BCUT2D eigenvalue weighted by molar-refractivity contribution is 4.47. The third kappa shape index (κ3) is 17.9. The molecule has 0 atom stereocenters. The fraction of sp³-hybridized carbons (Fsp3) is 1.00. The van der Waals surface area contributed by atoms with Crippen molar-refractivity contribution in [1.82, 2.24) is 0 Å². The molecule has 116 valence electrons. The molecular formula is C17H38NO+. The van der Waals surface area contributed by atoms with Crippen LogP contribution in [0.2, 0.25) is 0 Å². The van der Waals surface area contributed by atoms with Gasteiger partial charge in [-0.25, -0.2) is 0 Å². The standard InChI is InChI=1S/C17H38NO/c1-5-6-7-8-9-10-11-12-13-14-16-19-17-15-18(2,3)4/h5-17H2,1-4H3/q+1. The van der Waals surface area contributed by atoms with Crippen LogP contribution in [0.1, 0.15) is 71.1 Å². The summed E-state index contributed by atoms with van der Waals surface area (Å²) < 4.78 is 6.66. The van der Waals surface area contributed by atoms with E-state index in [4.69, 9.17) is 4.74 Å². The predicted molar refractivity (Wildman–Crippen MR) is 85.6 cm³/mol. The molecule has 0 aromatic heterocycles. The van der Waals surface area contributed by atoms with Crippen LogP contribution in [-0.2, 0) is 4.74 Å². The zero-order valence-corrected chi connectivity index (χ0v) is 14.0. The van der Waals surface area contributed by atoms with Gasteiger partial charge in [0, 0.05) is 6.61 Å². The molecule has 0 amide bonds. The van der Waals surface area contributed by atoms with Crippen LogP contribution in [0.15, 0.2) is 0 Å². The van der Waals surface area contributed by atoms with Crippen LogP contribution in [0, 0.1) is 0 Å². The molecule has 0 aliphatic carbocycles. The molecule has 0 saturated heterocycles. The average molecular weight is 272 g/mol. The van der Waals surface area contributed by atoms with Gasteiger partial charge >= 0.3 is 0 Å². The van der Waals surface area contributed by atoms with Gasteiger partial charge in [0.05, 0.1) is 27.7 Å². The summed E-state index contributed by atoms with van der Waals surface area (Å²) in [6, 6.07) is 0. The zero-order valence-electron chi connectivity index (χ0n) is 14.0. The van der Waals surface area contributed by atoms with Gasteiger partial charge < -0.3 is 9.22 Å². The first-order chi connectivity index (χ1) is 9.06. The fourth-order valence-corrected chi connectivity index (χ4v) is 2.13. The molecule has 0 saturated carbocycles. The highest BCUT2D eigenvalue weighted by atomic mass is 16.5. The Kier molecular flexibility index (Phi) is 12.9. The fourth-order valence-electron chi connectivity index (χ4n) is 2.13. The summed E-state index contributed by atoms with van der Waals surface area (Å²) in [7, 11) is 6.64. The van der Waals surface area contributed by atoms with Gasteiger partial charge in [-0.1, -0.05) is 64.7 Å². The highest BCUT2D eigenvalue weighted by Crippen LogP contribution is 2.10. The monoisotopic (exact) mass is 272 g/mol. The Morgan fingerprint density at radius 2 is 1.11 bits per heavy atom. The second-order valence-corrected chi connectivity index (χ2v) is 6.81. The topological polar surface area (TPSA) is 9.23 Å². The lowest BCUT2D eigenvalue weighted by Gasteiger charge is -2.23. The quantitative estimate of drug-likeness (QED) is 0.331. The van der Waals surface area contributed by atoms with E-state index >= 15 is 0 Å². The van der Waals surface area contributed by atoms with Crippen molar-refractivity contribution in [3.63, 3.8) is 0 Å².